The fourth-order valence-corrected chi connectivity index (χ4v) is 1.70. The largest absolute Gasteiger partial charge is 0.462 e. The molecule has 3 nitrogen and oxygen atoms in total. The van der Waals surface area contributed by atoms with E-state index in [0.717, 1.165) is 4.47 Å². The average Bonchev–Trinajstić information content (AvgIpc) is 2.21. The molecule has 5 heteroatoms. The zero-order chi connectivity index (χ0) is 11.4. The Labute approximate surface area is 104 Å². The molecule has 0 aliphatic heterocycles. The number of nitrogens with zero attached hydrogens (tertiary/aromatic N) is 1. The van der Waals surface area contributed by atoms with Gasteiger partial charge in [-0.1, -0.05) is 0 Å². The second-order valence-electron chi connectivity index (χ2n) is 2.64. The first kappa shape index (κ1) is 12.2. The summed E-state index contributed by atoms with van der Waals surface area (Å²) < 4.78 is 6.28. The summed E-state index contributed by atoms with van der Waals surface area (Å²) >= 11 is 6.52. The molecule has 0 aliphatic carbocycles. The first-order valence-corrected chi connectivity index (χ1v) is 5.75. The van der Waals surface area contributed by atoms with Crippen LogP contribution in [0.5, 0.6) is 0 Å². The summed E-state index contributed by atoms with van der Waals surface area (Å²) in [4.78, 5) is 11.5. The monoisotopic (exact) mass is 331 g/mol. The van der Waals surface area contributed by atoms with Crippen LogP contribution in [0.2, 0.25) is 0 Å². The zero-order valence-electron chi connectivity index (χ0n) is 7.88. The minimum Gasteiger partial charge on any atom is -0.462 e. The molecule has 0 fully saturated rings. The van der Waals surface area contributed by atoms with E-state index in [2.05, 4.69) is 31.9 Å². The standard InChI is InChI=1S/C10H7Br2NO2/c1-2-15-10(14)7-4-9(12)8(11)3-6(7)5-13/h3-4H,2H2,1H3. The molecule has 1 aromatic carbocycles. The highest BCUT2D eigenvalue weighted by Crippen LogP contribution is 2.27. The van der Waals surface area contributed by atoms with E-state index in [1.54, 1.807) is 19.1 Å². The number of benzene rings is 1. The summed E-state index contributed by atoms with van der Waals surface area (Å²) in [6, 6.07) is 5.10. The van der Waals surface area contributed by atoms with Crippen molar-refractivity contribution in [2.24, 2.45) is 0 Å². The molecule has 0 radical (unpaired) electrons. The van der Waals surface area contributed by atoms with Gasteiger partial charge in [0.1, 0.15) is 6.07 Å². The highest BCUT2D eigenvalue weighted by atomic mass is 79.9. The number of nitriles is 1. The number of ether oxygens (including phenoxy) is 1. The van der Waals surface area contributed by atoms with Gasteiger partial charge in [-0.2, -0.15) is 5.26 Å². The van der Waals surface area contributed by atoms with Gasteiger partial charge in [0.2, 0.25) is 0 Å². The van der Waals surface area contributed by atoms with Gasteiger partial charge in [0.15, 0.2) is 0 Å². The van der Waals surface area contributed by atoms with E-state index in [9.17, 15) is 4.79 Å². The third-order valence-electron chi connectivity index (χ3n) is 1.68. The molecule has 0 spiro atoms. The molecule has 0 N–H and O–H groups in total. The van der Waals surface area contributed by atoms with Crippen molar-refractivity contribution in [1.82, 2.24) is 0 Å². The molecule has 1 rings (SSSR count). The van der Waals surface area contributed by atoms with E-state index in [-0.39, 0.29) is 12.2 Å². The highest BCUT2D eigenvalue weighted by Gasteiger charge is 2.14. The topological polar surface area (TPSA) is 50.1 Å². The molecule has 0 bridgehead atoms. The molecule has 15 heavy (non-hydrogen) atoms. The lowest BCUT2D eigenvalue weighted by Crippen LogP contribution is -2.07. The molecule has 0 saturated carbocycles. The minimum atomic E-state index is -0.484. The van der Waals surface area contributed by atoms with Crippen molar-refractivity contribution >= 4 is 37.8 Å². The Bertz CT molecular complexity index is 438. The van der Waals surface area contributed by atoms with Gasteiger partial charge in [0.05, 0.1) is 17.7 Å². The van der Waals surface area contributed by atoms with Crippen molar-refractivity contribution in [1.29, 1.82) is 5.26 Å². The van der Waals surface area contributed by atoms with Crippen LogP contribution < -0.4 is 0 Å². The van der Waals surface area contributed by atoms with E-state index >= 15 is 0 Å². The van der Waals surface area contributed by atoms with Crippen LogP contribution >= 0.6 is 31.9 Å². The van der Waals surface area contributed by atoms with Crippen LogP contribution in [-0.2, 0) is 4.74 Å². The normalized spacial score (nSPS) is 9.47. The van der Waals surface area contributed by atoms with Crippen molar-refractivity contribution in [2.75, 3.05) is 6.61 Å². The Balaban J connectivity index is 3.23. The van der Waals surface area contributed by atoms with E-state index in [1.165, 1.54) is 0 Å². The van der Waals surface area contributed by atoms with E-state index < -0.39 is 5.97 Å². The smallest absolute Gasteiger partial charge is 0.339 e. The summed E-state index contributed by atoms with van der Waals surface area (Å²) in [7, 11) is 0. The van der Waals surface area contributed by atoms with Crippen molar-refractivity contribution in [2.45, 2.75) is 6.92 Å². The quantitative estimate of drug-likeness (QED) is 0.781. The fourth-order valence-electron chi connectivity index (χ4n) is 1.02. The second kappa shape index (κ2) is 5.29. The van der Waals surface area contributed by atoms with Gasteiger partial charge in [-0.15, -0.1) is 0 Å². The van der Waals surface area contributed by atoms with Crippen molar-refractivity contribution in [3.05, 3.63) is 32.2 Å². The highest BCUT2D eigenvalue weighted by molar-refractivity contribution is 9.13. The maximum atomic E-state index is 11.5. The van der Waals surface area contributed by atoms with Crippen LogP contribution in [0.3, 0.4) is 0 Å². The Morgan fingerprint density at radius 2 is 2.07 bits per heavy atom. The molecular formula is C10H7Br2NO2. The van der Waals surface area contributed by atoms with Gasteiger partial charge in [-0.25, -0.2) is 4.79 Å². The first-order chi connectivity index (χ1) is 7.10. The van der Waals surface area contributed by atoms with Crippen LogP contribution in [0, 0.1) is 11.3 Å². The van der Waals surface area contributed by atoms with Crippen molar-refractivity contribution in [3.8, 4) is 6.07 Å². The van der Waals surface area contributed by atoms with E-state index in [1.807, 2.05) is 6.07 Å². The lowest BCUT2D eigenvalue weighted by Gasteiger charge is -2.05. The van der Waals surface area contributed by atoms with Crippen LogP contribution in [-0.4, -0.2) is 12.6 Å². The molecule has 0 saturated heterocycles. The maximum Gasteiger partial charge on any atom is 0.339 e. The molecule has 0 aliphatic rings. The van der Waals surface area contributed by atoms with Gasteiger partial charge >= 0.3 is 5.97 Å². The summed E-state index contributed by atoms with van der Waals surface area (Å²) in [6.45, 7) is 2.01. The van der Waals surface area contributed by atoms with Crippen molar-refractivity contribution in [3.63, 3.8) is 0 Å². The molecule has 0 atom stereocenters. The van der Waals surface area contributed by atoms with E-state index in [4.69, 9.17) is 10.00 Å². The molecule has 0 unspecified atom stereocenters. The summed E-state index contributed by atoms with van der Waals surface area (Å²) in [5, 5.41) is 8.86. The molecule has 1 aromatic rings. The minimum absolute atomic E-state index is 0.273. The number of carbonyl (C=O) groups is 1. The zero-order valence-corrected chi connectivity index (χ0v) is 11.1. The first-order valence-electron chi connectivity index (χ1n) is 4.16. The Kier molecular flexibility index (Phi) is 4.30. The fraction of sp³-hybridized carbons (Fsp3) is 0.200. The third kappa shape index (κ3) is 2.80. The lowest BCUT2D eigenvalue weighted by atomic mass is 10.1. The Hall–Kier alpha value is -0.860. The number of hydrogen-bond donors (Lipinski definition) is 0. The van der Waals surface area contributed by atoms with Crippen LogP contribution in [0.15, 0.2) is 21.1 Å². The molecule has 78 valence electrons. The molecular weight excluding hydrogens is 326 g/mol. The van der Waals surface area contributed by atoms with Crippen LogP contribution in [0.1, 0.15) is 22.8 Å². The number of hydrogen-bond acceptors (Lipinski definition) is 3. The molecule has 0 heterocycles. The SMILES string of the molecule is CCOC(=O)c1cc(Br)c(Br)cc1C#N. The number of rotatable bonds is 2. The Morgan fingerprint density at radius 3 is 2.60 bits per heavy atom. The second-order valence-corrected chi connectivity index (χ2v) is 4.35. The third-order valence-corrected chi connectivity index (χ3v) is 3.52. The van der Waals surface area contributed by atoms with Gasteiger partial charge in [0, 0.05) is 8.95 Å². The van der Waals surface area contributed by atoms with Gasteiger partial charge in [-0.3, -0.25) is 0 Å². The summed E-state index contributed by atoms with van der Waals surface area (Å²) in [6.07, 6.45) is 0. The van der Waals surface area contributed by atoms with Crippen LogP contribution in [0.25, 0.3) is 0 Å². The van der Waals surface area contributed by atoms with Crippen LogP contribution in [0.4, 0.5) is 0 Å². The Morgan fingerprint density at radius 1 is 1.47 bits per heavy atom. The maximum absolute atomic E-state index is 11.5. The predicted molar refractivity (Wildman–Crippen MR) is 62.5 cm³/mol. The predicted octanol–water partition coefficient (Wildman–Crippen LogP) is 3.26. The van der Waals surface area contributed by atoms with Gasteiger partial charge in [0.25, 0.3) is 0 Å². The number of carbonyl (C=O) groups excluding carboxylic acids is 1. The lowest BCUT2D eigenvalue weighted by molar-refractivity contribution is 0.0526. The summed E-state index contributed by atoms with van der Waals surface area (Å²) in [5.74, 6) is -0.484. The average molecular weight is 333 g/mol. The van der Waals surface area contributed by atoms with E-state index in [0.29, 0.717) is 10.0 Å². The number of halogens is 2. The number of esters is 1. The summed E-state index contributed by atoms with van der Waals surface area (Å²) in [5.41, 5.74) is 0.568. The molecule has 0 aromatic heterocycles. The van der Waals surface area contributed by atoms with Crippen molar-refractivity contribution < 1.29 is 9.53 Å². The molecule has 0 amide bonds. The van der Waals surface area contributed by atoms with Gasteiger partial charge in [-0.05, 0) is 50.9 Å². The van der Waals surface area contributed by atoms with Gasteiger partial charge < -0.3 is 4.74 Å².